The number of aliphatic carboxylic acids is 1. The molecule has 0 aliphatic carbocycles. The topological polar surface area (TPSA) is 201 Å². The molecule has 0 spiro atoms. The molecule has 0 radical (unpaired) electrons. The van der Waals surface area contributed by atoms with Crippen molar-refractivity contribution in [2.75, 3.05) is 7.05 Å². The first-order valence-corrected chi connectivity index (χ1v) is 15.7. The van der Waals surface area contributed by atoms with Gasteiger partial charge in [0.15, 0.2) is 0 Å². The Kier molecular flexibility index (Phi) is 11.7. The number of carbonyl (C=O) groups is 5. The Balaban J connectivity index is 1.48. The molecule has 4 aromatic rings. The molecule has 8 N–H and O–H groups in total. The fourth-order valence-electron chi connectivity index (χ4n) is 5.78. The summed E-state index contributed by atoms with van der Waals surface area (Å²) in [4.78, 5) is 69.2. The maximum Gasteiger partial charge on any atom is 0.305 e. The lowest BCUT2D eigenvalue weighted by atomic mass is 9.98. The molecule has 0 aliphatic rings. The molecule has 4 amide bonds. The van der Waals surface area contributed by atoms with Gasteiger partial charge in [-0.3, -0.25) is 24.0 Å². The van der Waals surface area contributed by atoms with Crippen LogP contribution in [0.25, 0.3) is 21.7 Å². The summed E-state index contributed by atoms with van der Waals surface area (Å²) in [5.74, 6) is -4.23. The third-order valence-corrected chi connectivity index (χ3v) is 8.36. The summed E-state index contributed by atoms with van der Waals surface area (Å²) in [5, 5.41) is 17.4. The highest BCUT2D eigenvalue weighted by Crippen LogP contribution is 2.21. The molecule has 248 valence electrons. The Bertz CT molecular complexity index is 1750. The van der Waals surface area contributed by atoms with Gasteiger partial charge in [-0.2, -0.15) is 0 Å². The number of carbonyl (C=O) groups excluding carboxylic acids is 4. The van der Waals surface area contributed by atoms with Crippen molar-refractivity contribution in [1.82, 2.24) is 20.5 Å². The van der Waals surface area contributed by atoms with E-state index in [1.165, 1.54) is 11.9 Å². The van der Waals surface area contributed by atoms with E-state index in [-0.39, 0.29) is 19.3 Å². The predicted octanol–water partition coefficient (Wildman–Crippen LogP) is 2.38. The Morgan fingerprint density at radius 3 is 2.21 bits per heavy atom. The van der Waals surface area contributed by atoms with E-state index in [1.807, 2.05) is 73.7 Å². The number of nitrogens with zero attached hydrogens (tertiary/aromatic N) is 1. The van der Waals surface area contributed by atoms with E-state index in [0.29, 0.717) is 6.42 Å². The lowest BCUT2D eigenvalue weighted by molar-refractivity contribution is -0.143. The van der Waals surface area contributed by atoms with Gasteiger partial charge in [-0.25, -0.2) is 0 Å². The molecule has 0 aliphatic heterocycles. The number of aromatic amines is 1. The number of unbranched alkanes of at least 4 members (excludes halogenated alkanes) is 1. The molecule has 47 heavy (non-hydrogen) atoms. The van der Waals surface area contributed by atoms with Gasteiger partial charge in [0.2, 0.25) is 23.6 Å². The molecule has 12 heteroatoms. The minimum absolute atomic E-state index is 0.0564. The van der Waals surface area contributed by atoms with Crippen molar-refractivity contribution in [2.24, 2.45) is 11.5 Å². The van der Waals surface area contributed by atoms with Crippen molar-refractivity contribution in [2.45, 2.75) is 69.6 Å². The SMILES string of the molecule is CCCC[C@@H](C(=O)N[C@@H](CC(=O)O)C(=O)N[C@@H](Cc1cccc2ccccc12)C(N)=O)N(C)C(=O)[C@@H](N)Cc1c[nH]c2ccccc12. The first-order chi connectivity index (χ1) is 22.5. The summed E-state index contributed by atoms with van der Waals surface area (Å²) in [5.41, 5.74) is 14.5. The standard InChI is InChI=1S/C35H42N6O6/c1-3-4-16-30(41(2)35(47)26(36)17-23-20-38-27-15-8-7-14-25(23)27)34(46)40-29(19-31(42)43)33(45)39-28(32(37)44)18-22-12-9-11-21-10-5-6-13-24(21)22/h5-15,20,26,28-30,38H,3-4,16-19,36H2,1-2H3,(H2,37,44)(H,39,45)(H,40,46)(H,42,43)/t26-,28-,29-,30-/m0/s1. The summed E-state index contributed by atoms with van der Waals surface area (Å²) >= 11 is 0. The molecule has 0 saturated carbocycles. The van der Waals surface area contributed by atoms with Gasteiger partial charge >= 0.3 is 5.97 Å². The normalized spacial score (nSPS) is 13.8. The third kappa shape index (κ3) is 8.73. The number of aromatic nitrogens is 1. The minimum Gasteiger partial charge on any atom is -0.481 e. The van der Waals surface area contributed by atoms with Gasteiger partial charge in [0, 0.05) is 30.6 Å². The van der Waals surface area contributed by atoms with Gasteiger partial charge in [-0.05, 0) is 40.8 Å². The third-order valence-electron chi connectivity index (χ3n) is 8.36. The number of carboxylic acids is 1. The van der Waals surface area contributed by atoms with Gasteiger partial charge in [-0.1, -0.05) is 80.4 Å². The predicted molar refractivity (Wildman–Crippen MR) is 179 cm³/mol. The van der Waals surface area contributed by atoms with Crippen LogP contribution in [0.4, 0.5) is 0 Å². The number of nitrogens with two attached hydrogens (primary N) is 2. The van der Waals surface area contributed by atoms with E-state index >= 15 is 0 Å². The zero-order valence-corrected chi connectivity index (χ0v) is 26.6. The molecule has 0 unspecified atom stereocenters. The number of likely N-dealkylation sites (N-methyl/N-ethyl adjacent to an activating group) is 1. The van der Waals surface area contributed by atoms with Gasteiger partial charge in [0.05, 0.1) is 12.5 Å². The Morgan fingerprint density at radius 1 is 0.851 bits per heavy atom. The Morgan fingerprint density at radius 2 is 1.51 bits per heavy atom. The molecule has 12 nitrogen and oxygen atoms in total. The lowest BCUT2D eigenvalue weighted by Crippen LogP contribution is -2.58. The second-order valence-corrected chi connectivity index (χ2v) is 11.7. The number of carboxylic acid groups (broad SMARTS) is 1. The number of hydrogen-bond donors (Lipinski definition) is 6. The number of amides is 4. The van der Waals surface area contributed by atoms with Crippen LogP contribution in [-0.2, 0) is 36.8 Å². The first-order valence-electron chi connectivity index (χ1n) is 15.7. The van der Waals surface area contributed by atoms with Crippen LogP contribution in [-0.4, -0.2) is 75.8 Å². The van der Waals surface area contributed by atoms with E-state index in [1.54, 1.807) is 6.20 Å². The quantitative estimate of drug-likeness (QED) is 0.108. The molecule has 4 atom stereocenters. The van der Waals surface area contributed by atoms with Gasteiger partial charge in [0.25, 0.3) is 0 Å². The van der Waals surface area contributed by atoms with Crippen molar-refractivity contribution in [3.63, 3.8) is 0 Å². The molecule has 1 aromatic heterocycles. The van der Waals surface area contributed by atoms with Crippen LogP contribution in [0, 0.1) is 0 Å². The number of hydrogen-bond acceptors (Lipinski definition) is 6. The van der Waals surface area contributed by atoms with Crippen LogP contribution in [0.1, 0.15) is 43.7 Å². The van der Waals surface area contributed by atoms with Gasteiger partial charge in [-0.15, -0.1) is 0 Å². The summed E-state index contributed by atoms with van der Waals surface area (Å²) in [6.07, 6.45) is 2.89. The van der Waals surface area contributed by atoms with E-state index in [2.05, 4.69) is 15.6 Å². The molecule has 4 rings (SSSR count). The van der Waals surface area contributed by atoms with Crippen LogP contribution < -0.4 is 22.1 Å². The number of primary amides is 1. The largest absolute Gasteiger partial charge is 0.481 e. The fourth-order valence-corrected chi connectivity index (χ4v) is 5.78. The molecule has 0 bridgehead atoms. The van der Waals surface area contributed by atoms with Crippen molar-refractivity contribution < 1.29 is 29.1 Å². The number of para-hydroxylation sites is 1. The van der Waals surface area contributed by atoms with Crippen LogP contribution >= 0.6 is 0 Å². The Labute approximate surface area is 272 Å². The van der Waals surface area contributed by atoms with Crippen LogP contribution in [0.3, 0.4) is 0 Å². The van der Waals surface area contributed by atoms with Gasteiger partial charge in [0.1, 0.15) is 18.1 Å². The maximum absolute atomic E-state index is 13.6. The van der Waals surface area contributed by atoms with Crippen molar-refractivity contribution >= 4 is 51.3 Å². The molecular weight excluding hydrogens is 600 g/mol. The number of rotatable bonds is 16. The highest BCUT2D eigenvalue weighted by Gasteiger charge is 2.34. The highest BCUT2D eigenvalue weighted by molar-refractivity contribution is 5.96. The summed E-state index contributed by atoms with van der Waals surface area (Å²) in [6.45, 7) is 1.93. The fraction of sp³-hybridized carbons (Fsp3) is 0.343. The van der Waals surface area contributed by atoms with Crippen LogP contribution in [0.2, 0.25) is 0 Å². The molecule has 1 heterocycles. The van der Waals surface area contributed by atoms with E-state index in [4.69, 9.17) is 11.5 Å². The second kappa shape index (κ2) is 15.9. The zero-order chi connectivity index (χ0) is 34.1. The number of fused-ring (bicyclic) bond motifs is 2. The molecule has 3 aromatic carbocycles. The summed E-state index contributed by atoms with van der Waals surface area (Å²) < 4.78 is 0. The molecular formula is C35H42N6O6. The first kappa shape index (κ1) is 34.6. The lowest BCUT2D eigenvalue weighted by Gasteiger charge is -2.31. The Hall–Kier alpha value is -5.23. The zero-order valence-electron chi connectivity index (χ0n) is 26.6. The molecule has 0 fully saturated rings. The monoisotopic (exact) mass is 642 g/mol. The highest BCUT2D eigenvalue weighted by atomic mass is 16.4. The van der Waals surface area contributed by atoms with Crippen molar-refractivity contribution in [1.29, 1.82) is 0 Å². The molecule has 0 saturated heterocycles. The number of H-pyrrole nitrogens is 1. The average molecular weight is 643 g/mol. The van der Waals surface area contributed by atoms with E-state index in [0.717, 1.165) is 39.2 Å². The minimum atomic E-state index is -1.54. The maximum atomic E-state index is 13.6. The van der Waals surface area contributed by atoms with E-state index in [9.17, 15) is 29.1 Å². The van der Waals surface area contributed by atoms with Crippen molar-refractivity contribution in [3.05, 3.63) is 84.1 Å². The van der Waals surface area contributed by atoms with Gasteiger partial charge < -0.3 is 37.1 Å². The number of nitrogens with one attached hydrogen (secondary N) is 3. The van der Waals surface area contributed by atoms with Crippen molar-refractivity contribution in [3.8, 4) is 0 Å². The average Bonchev–Trinajstić information content (AvgIpc) is 3.46. The summed E-state index contributed by atoms with van der Waals surface area (Å²) in [7, 11) is 1.47. The summed E-state index contributed by atoms with van der Waals surface area (Å²) in [6, 6.07) is 16.0. The second-order valence-electron chi connectivity index (χ2n) is 11.7. The van der Waals surface area contributed by atoms with E-state index < -0.39 is 60.2 Å². The number of benzene rings is 3. The van der Waals surface area contributed by atoms with Crippen LogP contribution in [0.5, 0.6) is 0 Å². The smallest absolute Gasteiger partial charge is 0.305 e. The van der Waals surface area contributed by atoms with Crippen LogP contribution in [0.15, 0.2) is 72.9 Å².